The zero-order valence-corrected chi connectivity index (χ0v) is 18.7. The topological polar surface area (TPSA) is 116 Å². The number of aliphatic hydroxyl groups excluding tert-OH is 1. The first kappa shape index (κ1) is 23.7. The summed E-state index contributed by atoms with van der Waals surface area (Å²) in [6.45, 7) is 0.167. The molecular formula is C21H25F3N4O4S. The monoisotopic (exact) mass is 486 g/mol. The smallest absolute Gasteiger partial charge is 0.416 e. The van der Waals surface area contributed by atoms with Crippen molar-refractivity contribution in [2.24, 2.45) is 0 Å². The average Bonchev–Trinajstić information content (AvgIpc) is 2.74. The largest absolute Gasteiger partial charge is 0.507 e. The number of hydrogen-bond acceptors (Lipinski definition) is 7. The lowest BCUT2D eigenvalue weighted by Crippen LogP contribution is -2.39. The summed E-state index contributed by atoms with van der Waals surface area (Å²) < 4.78 is 64.7. The van der Waals surface area contributed by atoms with Crippen LogP contribution in [0.4, 0.5) is 19.0 Å². The van der Waals surface area contributed by atoms with Gasteiger partial charge in [0.1, 0.15) is 11.4 Å². The molecule has 1 aliphatic carbocycles. The summed E-state index contributed by atoms with van der Waals surface area (Å²) >= 11 is 0. The Balaban J connectivity index is 1.78. The molecular weight excluding hydrogens is 461 g/mol. The first-order chi connectivity index (χ1) is 15.4. The number of aromatic hydroxyl groups is 1. The van der Waals surface area contributed by atoms with Crippen molar-refractivity contribution in [1.82, 2.24) is 14.5 Å². The number of phenolic OH excluding ortho intramolecular Hbond substituents is 1. The van der Waals surface area contributed by atoms with Crippen LogP contribution in [0, 0.1) is 0 Å². The number of rotatable bonds is 4. The maximum absolute atomic E-state index is 13.0. The van der Waals surface area contributed by atoms with Crippen LogP contribution < -0.4 is 5.32 Å². The van der Waals surface area contributed by atoms with E-state index in [2.05, 4.69) is 15.5 Å². The van der Waals surface area contributed by atoms with E-state index in [4.69, 9.17) is 0 Å². The summed E-state index contributed by atoms with van der Waals surface area (Å²) in [5.74, 6) is -0.255. The van der Waals surface area contributed by atoms with Crippen molar-refractivity contribution >= 4 is 15.8 Å². The summed E-state index contributed by atoms with van der Waals surface area (Å²) in [6, 6.07) is 2.37. The maximum Gasteiger partial charge on any atom is 0.416 e. The number of phenols is 1. The highest BCUT2D eigenvalue weighted by atomic mass is 32.2. The molecule has 1 saturated carbocycles. The number of fused-ring (bicyclic) bond motifs is 1. The van der Waals surface area contributed by atoms with E-state index in [1.54, 1.807) is 0 Å². The molecule has 1 aromatic carbocycles. The highest BCUT2D eigenvalue weighted by Crippen LogP contribution is 2.39. The van der Waals surface area contributed by atoms with Gasteiger partial charge in [0.2, 0.25) is 10.0 Å². The minimum absolute atomic E-state index is 0.00321. The van der Waals surface area contributed by atoms with Crippen LogP contribution in [-0.4, -0.2) is 58.1 Å². The van der Waals surface area contributed by atoms with Crippen LogP contribution in [0.15, 0.2) is 18.2 Å². The Labute approximate surface area is 189 Å². The van der Waals surface area contributed by atoms with Gasteiger partial charge >= 0.3 is 6.18 Å². The fourth-order valence-electron chi connectivity index (χ4n) is 4.42. The summed E-state index contributed by atoms with van der Waals surface area (Å²) in [5.41, 5.74) is 0.447. The molecule has 2 heterocycles. The normalized spacial score (nSPS) is 22.1. The van der Waals surface area contributed by atoms with Gasteiger partial charge in [-0.05, 0) is 43.0 Å². The SMILES string of the molecule is CS(=O)(=O)N1CCc2c(-c3ccc(C(F)(F)F)cc3O)nnc(N[C@@H]3CCCC[C@H]3O)c2C1. The Bertz CT molecular complexity index is 1160. The van der Waals surface area contributed by atoms with Crippen LogP contribution in [0.5, 0.6) is 5.75 Å². The number of aliphatic hydroxyl groups is 1. The number of benzene rings is 1. The van der Waals surface area contributed by atoms with Crippen molar-refractivity contribution in [3.05, 3.63) is 34.9 Å². The number of nitrogens with zero attached hydrogens (tertiary/aromatic N) is 3. The van der Waals surface area contributed by atoms with Gasteiger partial charge in [-0.3, -0.25) is 0 Å². The molecule has 1 aliphatic heterocycles. The lowest BCUT2D eigenvalue weighted by atomic mass is 9.91. The molecule has 0 unspecified atom stereocenters. The summed E-state index contributed by atoms with van der Waals surface area (Å²) in [6.07, 6.45) is -0.637. The lowest BCUT2D eigenvalue weighted by molar-refractivity contribution is -0.137. The van der Waals surface area contributed by atoms with Crippen LogP contribution in [0.1, 0.15) is 42.4 Å². The van der Waals surface area contributed by atoms with Gasteiger partial charge in [-0.25, -0.2) is 8.42 Å². The molecule has 2 atom stereocenters. The van der Waals surface area contributed by atoms with Crippen molar-refractivity contribution in [3.8, 4) is 17.0 Å². The van der Waals surface area contributed by atoms with Crippen LogP contribution in [0.2, 0.25) is 0 Å². The molecule has 3 N–H and O–H groups in total. The quantitative estimate of drug-likeness (QED) is 0.609. The third-order valence-electron chi connectivity index (χ3n) is 6.23. The first-order valence-corrected chi connectivity index (χ1v) is 12.5. The average molecular weight is 487 g/mol. The van der Waals surface area contributed by atoms with Crippen molar-refractivity contribution < 1.29 is 31.8 Å². The van der Waals surface area contributed by atoms with Gasteiger partial charge in [0.05, 0.1) is 24.0 Å². The Morgan fingerprint density at radius 2 is 1.88 bits per heavy atom. The number of aromatic nitrogens is 2. The molecule has 2 aromatic rings. The number of hydrogen-bond donors (Lipinski definition) is 3. The number of halogens is 3. The molecule has 0 radical (unpaired) electrons. The van der Waals surface area contributed by atoms with Gasteiger partial charge in [0, 0.05) is 24.2 Å². The minimum Gasteiger partial charge on any atom is -0.507 e. The Morgan fingerprint density at radius 3 is 2.52 bits per heavy atom. The van der Waals surface area contributed by atoms with Crippen molar-refractivity contribution in [1.29, 1.82) is 0 Å². The lowest BCUT2D eigenvalue weighted by Gasteiger charge is -2.32. The molecule has 0 bridgehead atoms. The van der Waals surface area contributed by atoms with Crippen LogP contribution >= 0.6 is 0 Å². The molecule has 0 amide bonds. The fraction of sp³-hybridized carbons (Fsp3) is 0.524. The highest BCUT2D eigenvalue weighted by Gasteiger charge is 2.34. The van der Waals surface area contributed by atoms with E-state index >= 15 is 0 Å². The molecule has 1 fully saturated rings. The fourth-order valence-corrected chi connectivity index (χ4v) is 5.20. The van der Waals surface area contributed by atoms with Gasteiger partial charge in [0.25, 0.3) is 0 Å². The van der Waals surface area contributed by atoms with Crippen molar-refractivity contribution in [2.45, 2.75) is 57.0 Å². The number of anilines is 1. The Kier molecular flexibility index (Phi) is 6.27. The highest BCUT2D eigenvalue weighted by molar-refractivity contribution is 7.88. The van der Waals surface area contributed by atoms with Crippen LogP contribution in [-0.2, 0) is 29.2 Å². The van der Waals surface area contributed by atoms with E-state index in [-0.39, 0.29) is 36.8 Å². The van der Waals surface area contributed by atoms with Gasteiger partial charge in [-0.1, -0.05) is 12.8 Å². The predicted octanol–water partition coefficient (Wildman–Crippen LogP) is 2.90. The third-order valence-corrected chi connectivity index (χ3v) is 7.48. The van der Waals surface area contributed by atoms with Gasteiger partial charge in [-0.2, -0.15) is 17.5 Å². The number of nitrogens with one attached hydrogen (secondary N) is 1. The second-order valence-corrected chi connectivity index (χ2v) is 10.5. The second-order valence-electron chi connectivity index (χ2n) is 8.53. The van der Waals surface area contributed by atoms with E-state index in [1.165, 1.54) is 4.31 Å². The van der Waals surface area contributed by atoms with Gasteiger partial charge in [-0.15, -0.1) is 10.2 Å². The van der Waals surface area contributed by atoms with Gasteiger partial charge in [0.15, 0.2) is 5.82 Å². The van der Waals surface area contributed by atoms with E-state index in [1.807, 2.05) is 0 Å². The molecule has 12 heteroatoms. The molecule has 180 valence electrons. The number of sulfonamides is 1. The predicted molar refractivity (Wildman–Crippen MR) is 115 cm³/mol. The first-order valence-electron chi connectivity index (χ1n) is 10.6. The minimum atomic E-state index is -4.61. The summed E-state index contributed by atoms with van der Waals surface area (Å²) in [7, 11) is -3.50. The molecule has 2 aliphatic rings. The van der Waals surface area contributed by atoms with Crippen molar-refractivity contribution in [3.63, 3.8) is 0 Å². The number of alkyl halides is 3. The van der Waals surface area contributed by atoms with Crippen LogP contribution in [0.3, 0.4) is 0 Å². The van der Waals surface area contributed by atoms with Gasteiger partial charge < -0.3 is 15.5 Å². The zero-order chi connectivity index (χ0) is 24.0. The molecule has 1 aromatic heterocycles. The molecule has 33 heavy (non-hydrogen) atoms. The molecule has 8 nitrogen and oxygen atoms in total. The Hall–Kier alpha value is -2.44. The van der Waals surface area contributed by atoms with E-state index < -0.39 is 33.6 Å². The second kappa shape index (κ2) is 8.73. The van der Waals surface area contributed by atoms with E-state index in [9.17, 15) is 31.8 Å². The third kappa shape index (κ3) is 4.92. The molecule has 4 rings (SSSR count). The maximum atomic E-state index is 13.0. The zero-order valence-electron chi connectivity index (χ0n) is 17.9. The summed E-state index contributed by atoms with van der Waals surface area (Å²) in [4.78, 5) is 0. The van der Waals surface area contributed by atoms with E-state index in [0.717, 1.165) is 37.7 Å². The van der Waals surface area contributed by atoms with E-state index in [0.29, 0.717) is 29.4 Å². The Morgan fingerprint density at radius 1 is 1.15 bits per heavy atom. The molecule has 0 spiro atoms. The van der Waals surface area contributed by atoms with Crippen molar-refractivity contribution in [2.75, 3.05) is 18.1 Å². The van der Waals surface area contributed by atoms with Crippen LogP contribution in [0.25, 0.3) is 11.3 Å². The molecule has 0 saturated heterocycles. The summed E-state index contributed by atoms with van der Waals surface area (Å²) in [5, 5.41) is 32.3. The standard InChI is InChI=1S/C21H25F3N4O4S/c1-33(31,32)28-9-8-13-15(11-28)20(25-16-4-2-3-5-17(16)29)27-26-19(13)14-7-6-12(10-18(14)30)21(22,23)24/h6-7,10,16-17,29-30H,2-5,8-9,11H2,1H3,(H,25,27)/t16-,17-/m1/s1.